The van der Waals surface area contributed by atoms with Gasteiger partial charge in [0.05, 0.1) is 34.5 Å². The van der Waals surface area contributed by atoms with Crippen LogP contribution in [0, 0.1) is 0 Å². The number of aliphatic carboxylic acids is 1. The van der Waals surface area contributed by atoms with E-state index in [1.165, 1.54) is 7.11 Å². The number of piperazine rings is 1. The molecular weight excluding hydrogens is 506 g/mol. The van der Waals surface area contributed by atoms with Crippen molar-refractivity contribution in [2.45, 2.75) is 18.8 Å². The lowest BCUT2D eigenvalue weighted by atomic mass is 9.91. The number of anilines is 1. The fourth-order valence-electron chi connectivity index (χ4n) is 4.88. The third kappa shape index (κ3) is 4.84. The number of nitrogens with zero attached hydrogens (tertiary/aromatic N) is 4. The zero-order valence-corrected chi connectivity index (χ0v) is 21.6. The van der Waals surface area contributed by atoms with E-state index in [0.29, 0.717) is 37.1 Å². The standard InChI is InChI=1S/C27H27N5O5S/c1-37-24-16-6-2-3-7-18(16)29-23(22(24)25(28)35)17(10-11-21(33)34)26(36)31-12-14-32(15-13-31)27-30-19-8-4-5-9-20(19)38-27/h2-9,17H,10-15H2,1H3,(H2,28,35)(H,33,34). The Balaban J connectivity index is 1.45. The van der Waals surface area contributed by atoms with E-state index in [1.54, 1.807) is 40.5 Å². The summed E-state index contributed by atoms with van der Waals surface area (Å²) in [4.78, 5) is 51.2. The molecular formula is C27H27N5O5S. The summed E-state index contributed by atoms with van der Waals surface area (Å²) in [7, 11) is 1.42. The summed E-state index contributed by atoms with van der Waals surface area (Å²) in [5.41, 5.74) is 7.37. The molecule has 11 heteroatoms. The number of amides is 2. The van der Waals surface area contributed by atoms with Crippen LogP contribution in [0.1, 0.15) is 34.8 Å². The summed E-state index contributed by atoms with van der Waals surface area (Å²) in [5, 5.41) is 10.9. The largest absolute Gasteiger partial charge is 0.495 e. The summed E-state index contributed by atoms with van der Waals surface area (Å²) >= 11 is 1.61. The third-order valence-corrected chi connectivity index (χ3v) is 7.84. The Morgan fingerprint density at radius 3 is 2.37 bits per heavy atom. The van der Waals surface area contributed by atoms with E-state index in [9.17, 15) is 19.5 Å². The van der Waals surface area contributed by atoms with Gasteiger partial charge >= 0.3 is 5.97 Å². The number of para-hydroxylation sites is 2. The first-order valence-corrected chi connectivity index (χ1v) is 13.1. The second-order valence-electron chi connectivity index (χ2n) is 9.05. The molecule has 3 N–H and O–H groups in total. The number of thiazole rings is 1. The van der Waals surface area contributed by atoms with Gasteiger partial charge in [-0.3, -0.25) is 19.4 Å². The molecule has 1 unspecified atom stereocenters. The quantitative estimate of drug-likeness (QED) is 0.352. The average molecular weight is 534 g/mol. The number of methoxy groups -OCH3 is 1. The van der Waals surface area contributed by atoms with Crippen molar-refractivity contribution in [1.29, 1.82) is 0 Å². The van der Waals surface area contributed by atoms with Crippen molar-refractivity contribution in [3.63, 3.8) is 0 Å². The number of carbonyl (C=O) groups is 3. The van der Waals surface area contributed by atoms with E-state index in [0.717, 1.165) is 15.3 Å². The molecule has 2 aromatic carbocycles. The molecule has 2 amide bonds. The summed E-state index contributed by atoms with van der Waals surface area (Å²) in [6.07, 6.45) is -0.294. The smallest absolute Gasteiger partial charge is 0.303 e. The fourth-order valence-corrected chi connectivity index (χ4v) is 5.90. The second kappa shape index (κ2) is 10.6. The van der Waals surface area contributed by atoms with Crippen LogP contribution in [0.2, 0.25) is 0 Å². The van der Waals surface area contributed by atoms with Crippen molar-refractivity contribution >= 4 is 55.4 Å². The van der Waals surface area contributed by atoms with E-state index >= 15 is 0 Å². The molecule has 0 bridgehead atoms. The van der Waals surface area contributed by atoms with Crippen LogP contribution in [-0.2, 0) is 9.59 Å². The first-order valence-electron chi connectivity index (χ1n) is 12.2. The molecule has 0 radical (unpaired) electrons. The van der Waals surface area contributed by atoms with Crippen molar-refractivity contribution in [2.24, 2.45) is 5.73 Å². The molecule has 1 atom stereocenters. The first-order chi connectivity index (χ1) is 18.4. The van der Waals surface area contributed by atoms with Crippen LogP contribution in [0.25, 0.3) is 21.1 Å². The molecule has 196 valence electrons. The van der Waals surface area contributed by atoms with E-state index in [2.05, 4.69) is 9.88 Å². The van der Waals surface area contributed by atoms with Crippen LogP contribution in [0.5, 0.6) is 5.75 Å². The molecule has 0 saturated carbocycles. The predicted molar refractivity (Wildman–Crippen MR) is 145 cm³/mol. The molecule has 3 heterocycles. The number of hydrogen-bond donors (Lipinski definition) is 2. The van der Waals surface area contributed by atoms with E-state index < -0.39 is 17.8 Å². The zero-order chi connectivity index (χ0) is 26.8. The number of carboxylic acid groups (broad SMARTS) is 1. The topological polar surface area (TPSA) is 139 Å². The average Bonchev–Trinajstić information content (AvgIpc) is 3.36. The van der Waals surface area contributed by atoms with Crippen molar-refractivity contribution in [1.82, 2.24) is 14.9 Å². The van der Waals surface area contributed by atoms with Crippen LogP contribution in [-0.4, -0.2) is 71.0 Å². The van der Waals surface area contributed by atoms with Crippen LogP contribution >= 0.6 is 11.3 Å². The van der Waals surface area contributed by atoms with E-state index in [-0.39, 0.29) is 35.8 Å². The number of carbonyl (C=O) groups excluding carboxylic acids is 2. The monoisotopic (exact) mass is 533 g/mol. The first kappa shape index (κ1) is 25.4. The molecule has 4 aromatic rings. The lowest BCUT2D eigenvalue weighted by Crippen LogP contribution is -2.50. The van der Waals surface area contributed by atoms with Crippen LogP contribution < -0.4 is 15.4 Å². The highest BCUT2D eigenvalue weighted by atomic mass is 32.1. The molecule has 1 saturated heterocycles. The Hall–Kier alpha value is -4.25. The minimum Gasteiger partial charge on any atom is -0.495 e. The van der Waals surface area contributed by atoms with Gasteiger partial charge in [-0.05, 0) is 30.7 Å². The van der Waals surface area contributed by atoms with E-state index in [1.807, 2.05) is 24.3 Å². The number of carboxylic acids is 1. The molecule has 10 nitrogen and oxygen atoms in total. The second-order valence-corrected chi connectivity index (χ2v) is 10.1. The number of rotatable bonds is 8. The van der Waals surface area contributed by atoms with Gasteiger partial charge in [-0.25, -0.2) is 4.98 Å². The Bertz CT molecular complexity index is 1500. The Kier molecular flexibility index (Phi) is 7.10. The van der Waals surface area contributed by atoms with Crippen molar-refractivity contribution < 1.29 is 24.2 Å². The molecule has 2 aromatic heterocycles. The van der Waals surface area contributed by atoms with Crippen molar-refractivity contribution in [2.75, 3.05) is 38.2 Å². The van der Waals surface area contributed by atoms with Gasteiger partial charge in [0.2, 0.25) is 5.91 Å². The van der Waals surface area contributed by atoms with Gasteiger partial charge in [0.15, 0.2) is 5.13 Å². The molecule has 38 heavy (non-hydrogen) atoms. The van der Waals surface area contributed by atoms with Gasteiger partial charge < -0.3 is 25.4 Å². The predicted octanol–water partition coefficient (Wildman–Crippen LogP) is 3.25. The van der Waals surface area contributed by atoms with Crippen molar-refractivity contribution in [3.05, 3.63) is 59.8 Å². The van der Waals surface area contributed by atoms with Gasteiger partial charge in [0.1, 0.15) is 11.3 Å². The number of aromatic nitrogens is 2. The van der Waals surface area contributed by atoms with E-state index in [4.69, 9.17) is 15.5 Å². The minimum absolute atomic E-state index is 0.00282. The molecule has 0 spiro atoms. The normalized spacial score (nSPS) is 14.6. The maximum atomic E-state index is 13.9. The Labute approximate surface area is 222 Å². The van der Waals surface area contributed by atoms with Crippen LogP contribution in [0.15, 0.2) is 48.5 Å². The summed E-state index contributed by atoms with van der Waals surface area (Å²) in [6.45, 7) is 2.01. The molecule has 5 rings (SSSR count). The van der Waals surface area contributed by atoms with Crippen LogP contribution in [0.4, 0.5) is 5.13 Å². The fraction of sp³-hybridized carbons (Fsp3) is 0.296. The number of fused-ring (bicyclic) bond motifs is 2. The number of nitrogens with two attached hydrogens (primary N) is 1. The van der Waals surface area contributed by atoms with Gasteiger partial charge in [-0.1, -0.05) is 35.6 Å². The van der Waals surface area contributed by atoms with Crippen molar-refractivity contribution in [3.8, 4) is 5.75 Å². The van der Waals surface area contributed by atoms with Crippen LogP contribution in [0.3, 0.4) is 0 Å². The summed E-state index contributed by atoms with van der Waals surface area (Å²) < 4.78 is 6.66. The van der Waals surface area contributed by atoms with Gasteiger partial charge in [-0.15, -0.1) is 0 Å². The van der Waals surface area contributed by atoms with Gasteiger partial charge in [-0.2, -0.15) is 0 Å². The highest BCUT2D eigenvalue weighted by Gasteiger charge is 2.35. The number of ether oxygens (including phenoxy) is 1. The summed E-state index contributed by atoms with van der Waals surface area (Å²) in [5.74, 6) is -2.86. The van der Waals surface area contributed by atoms with Gasteiger partial charge in [0, 0.05) is 38.0 Å². The number of hydrogen-bond acceptors (Lipinski definition) is 8. The number of benzene rings is 2. The highest BCUT2D eigenvalue weighted by molar-refractivity contribution is 7.22. The zero-order valence-electron chi connectivity index (χ0n) is 20.8. The Morgan fingerprint density at radius 2 is 1.71 bits per heavy atom. The SMILES string of the molecule is COc1c(C(N)=O)c(C(CCC(=O)O)C(=O)N2CCN(c3nc4ccccc4s3)CC2)nc2ccccc12. The Morgan fingerprint density at radius 1 is 1.03 bits per heavy atom. The number of pyridine rings is 1. The maximum absolute atomic E-state index is 13.9. The molecule has 1 fully saturated rings. The lowest BCUT2D eigenvalue weighted by molar-refractivity contribution is -0.137. The lowest BCUT2D eigenvalue weighted by Gasteiger charge is -2.36. The summed E-state index contributed by atoms with van der Waals surface area (Å²) in [6, 6.07) is 15.0. The third-order valence-electron chi connectivity index (χ3n) is 6.74. The molecule has 1 aliphatic rings. The highest BCUT2D eigenvalue weighted by Crippen LogP contribution is 2.36. The maximum Gasteiger partial charge on any atom is 0.303 e. The molecule has 0 aliphatic carbocycles. The minimum atomic E-state index is -1.04. The molecule has 1 aliphatic heterocycles. The number of primary amides is 1. The van der Waals surface area contributed by atoms with Gasteiger partial charge in [0.25, 0.3) is 5.91 Å².